The summed E-state index contributed by atoms with van der Waals surface area (Å²) in [6.07, 6.45) is 51.1. The summed E-state index contributed by atoms with van der Waals surface area (Å²) in [6, 6.07) is 0. The molecule has 0 bridgehead atoms. The molecule has 0 aliphatic carbocycles. The summed E-state index contributed by atoms with van der Waals surface area (Å²) >= 11 is 0. The summed E-state index contributed by atoms with van der Waals surface area (Å²) < 4.78 is 34.4. The van der Waals surface area contributed by atoms with Crippen LogP contribution in [0.2, 0.25) is 0 Å². The van der Waals surface area contributed by atoms with Crippen molar-refractivity contribution >= 4 is 19.8 Å². The SMILES string of the molecule is C=CCCCCCCCCCCCCCCCC(=O)O[C@@H](COC(=O)CCC/C=C/CC/C=C/CCCCCCCCCCCCCCCC)COP(=O)(O)OCC[N+](C)(C)C. The first kappa shape index (κ1) is 60.2. The first-order valence-electron chi connectivity index (χ1n) is 25.7. The molecule has 0 aromatic heterocycles. The highest BCUT2D eigenvalue weighted by atomic mass is 31.2. The minimum absolute atomic E-state index is 0.0259. The van der Waals surface area contributed by atoms with Crippen LogP contribution in [0.25, 0.3) is 0 Å². The van der Waals surface area contributed by atoms with Crippen molar-refractivity contribution in [1.82, 2.24) is 0 Å². The number of unbranched alkanes of at least 4 members (excludes halogenated alkanes) is 29. The normalized spacial score (nSPS) is 13.5. The molecule has 0 fully saturated rings. The van der Waals surface area contributed by atoms with Gasteiger partial charge in [0.25, 0.3) is 0 Å². The number of likely N-dealkylation sites (N-methyl/N-ethyl adjacent to an activating group) is 1. The number of carbonyl (C=O) groups excluding carboxylic acids is 2. The number of quaternary nitrogens is 1. The third-order valence-electron chi connectivity index (χ3n) is 11.3. The number of carbonyl (C=O) groups is 2. The fourth-order valence-corrected chi connectivity index (χ4v) is 7.99. The number of ether oxygens (including phenoxy) is 2. The molecule has 0 saturated carbocycles. The van der Waals surface area contributed by atoms with Crippen LogP contribution in [-0.2, 0) is 32.7 Å². The summed E-state index contributed by atoms with van der Waals surface area (Å²) in [5, 5.41) is 0. The van der Waals surface area contributed by atoms with E-state index in [1.165, 1.54) is 148 Å². The predicted octanol–water partition coefficient (Wildman–Crippen LogP) is 15.3. The van der Waals surface area contributed by atoms with E-state index in [-0.39, 0.29) is 26.1 Å². The summed E-state index contributed by atoms with van der Waals surface area (Å²) in [6.45, 7) is 5.93. The van der Waals surface area contributed by atoms with Crippen LogP contribution in [0.3, 0.4) is 0 Å². The molecule has 2 atom stereocenters. The van der Waals surface area contributed by atoms with Crippen molar-refractivity contribution in [2.45, 2.75) is 238 Å². The molecule has 0 aromatic rings. The minimum atomic E-state index is -4.39. The number of allylic oxidation sites excluding steroid dienone is 5. The van der Waals surface area contributed by atoms with Crippen LogP contribution in [0.4, 0.5) is 0 Å². The number of nitrogens with zero attached hydrogens (tertiary/aromatic N) is 1. The first-order valence-corrected chi connectivity index (χ1v) is 27.2. The van der Waals surface area contributed by atoms with Crippen molar-refractivity contribution < 1.29 is 42.1 Å². The molecule has 0 radical (unpaired) electrons. The van der Waals surface area contributed by atoms with E-state index in [1.807, 2.05) is 27.2 Å². The zero-order valence-electron chi connectivity index (χ0n) is 40.9. The fraction of sp³-hybridized carbons (Fsp3) is 0.846. The number of rotatable bonds is 48. The minimum Gasteiger partial charge on any atom is -0.462 e. The van der Waals surface area contributed by atoms with Gasteiger partial charge in [-0.1, -0.05) is 191 Å². The van der Waals surface area contributed by atoms with E-state index in [2.05, 4.69) is 37.8 Å². The van der Waals surface area contributed by atoms with E-state index in [0.717, 1.165) is 51.4 Å². The Labute approximate surface area is 382 Å². The second-order valence-corrected chi connectivity index (χ2v) is 20.1. The fourth-order valence-electron chi connectivity index (χ4n) is 7.25. The number of hydrogen-bond acceptors (Lipinski definition) is 7. The van der Waals surface area contributed by atoms with Crippen LogP contribution in [0.5, 0.6) is 0 Å². The number of esters is 2. The Hall–Kier alpha value is -1.77. The van der Waals surface area contributed by atoms with Crippen LogP contribution in [0, 0.1) is 0 Å². The van der Waals surface area contributed by atoms with Crippen LogP contribution >= 0.6 is 7.82 Å². The lowest BCUT2D eigenvalue weighted by Crippen LogP contribution is -2.37. The largest absolute Gasteiger partial charge is 0.472 e. The Balaban J connectivity index is 4.24. The molecule has 0 rings (SSSR count). The highest BCUT2D eigenvalue weighted by Gasteiger charge is 2.27. The predicted molar refractivity (Wildman–Crippen MR) is 261 cm³/mol. The van der Waals surface area contributed by atoms with E-state index < -0.39 is 32.5 Å². The Morgan fingerprint density at radius 3 is 1.40 bits per heavy atom. The first-order chi connectivity index (χ1) is 30.0. The lowest BCUT2D eigenvalue weighted by Gasteiger charge is -2.24. The van der Waals surface area contributed by atoms with Gasteiger partial charge < -0.3 is 18.9 Å². The smallest absolute Gasteiger partial charge is 0.462 e. The van der Waals surface area contributed by atoms with Gasteiger partial charge in [0.1, 0.15) is 19.8 Å². The van der Waals surface area contributed by atoms with E-state index in [9.17, 15) is 19.0 Å². The molecular formula is C52H99NO8P+. The van der Waals surface area contributed by atoms with Gasteiger partial charge in [-0.3, -0.25) is 18.6 Å². The van der Waals surface area contributed by atoms with Crippen molar-refractivity contribution in [2.24, 2.45) is 0 Å². The van der Waals surface area contributed by atoms with Gasteiger partial charge in [-0.05, 0) is 57.8 Å². The topological polar surface area (TPSA) is 108 Å². The second kappa shape index (κ2) is 44.4. The maximum Gasteiger partial charge on any atom is 0.472 e. The lowest BCUT2D eigenvalue weighted by atomic mass is 10.0. The highest BCUT2D eigenvalue weighted by molar-refractivity contribution is 7.47. The third kappa shape index (κ3) is 47.7. The second-order valence-electron chi connectivity index (χ2n) is 18.6. The molecule has 0 spiro atoms. The van der Waals surface area contributed by atoms with Gasteiger partial charge in [-0.15, -0.1) is 6.58 Å². The van der Waals surface area contributed by atoms with Gasteiger partial charge in [0.15, 0.2) is 6.10 Å². The molecule has 10 heteroatoms. The van der Waals surface area contributed by atoms with Crippen molar-refractivity contribution in [3.63, 3.8) is 0 Å². The number of hydrogen-bond donors (Lipinski definition) is 1. The number of phosphoric ester groups is 1. The Kier molecular flexibility index (Phi) is 43.2. The van der Waals surface area contributed by atoms with E-state index in [4.69, 9.17) is 18.5 Å². The van der Waals surface area contributed by atoms with Crippen LogP contribution in [-0.4, -0.2) is 74.9 Å². The summed E-state index contributed by atoms with van der Waals surface area (Å²) in [5.74, 6) is -0.843. The maximum absolute atomic E-state index is 12.7. The quantitative estimate of drug-likeness (QED) is 0.0211. The summed E-state index contributed by atoms with van der Waals surface area (Å²) in [7, 11) is 1.46. The molecule has 0 aliphatic rings. The van der Waals surface area contributed by atoms with Crippen molar-refractivity contribution in [1.29, 1.82) is 0 Å². The summed E-state index contributed by atoms with van der Waals surface area (Å²) in [5.41, 5.74) is 0. The molecule has 0 amide bonds. The molecule has 364 valence electrons. The molecule has 1 unspecified atom stereocenters. The van der Waals surface area contributed by atoms with Crippen molar-refractivity contribution in [3.8, 4) is 0 Å². The lowest BCUT2D eigenvalue weighted by molar-refractivity contribution is -0.870. The van der Waals surface area contributed by atoms with E-state index in [1.54, 1.807) is 0 Å². The molecule has 9 nitrogen and oxygen atoms in total. The van der Waals surface area contributed by atoms with Gasteiger partial charge in [0.2, 0.25) is 0 Å². The molecule has 62 heavy (non-hydrogen) atoms. The monoisotopic (exact) mass is 897 g/mol. The maximum atomic E-state index is 12.7. The van der Waals surface area contributed by atoms with Gasteiger partial charge in [-0.25, -0.2) is 4.57 Å². The molecule has 0 heterocycles. The third-order valence-corrected chi connectivity index (χ3v) is 12.3. The van der Waals surface area contributed by atoms with Crippen molar-refractivity contribution in [2.75, 3.05) is 47.5 Å². The Morgan fingerprint density at radius 2 is 0.935 bits per heavy atom. The van der Waals surface area contributed by atoms with Crippen LogP contribution < -0.4 is 0 Å². The average Bonchev–Trinajstić information content (AvgIpc) is 3.23. The standard InChI is InChI=1S/C52H98NO8P/c1-6-8-10-12-14-16-18-20-22-23-24-25-26-27-28-29-31-32-34-36-38-40-42-44-51(54)58-48-50(49-60-62(56,57)59-47-46-53(3,4)5)61-52(55)45-43-41-39-37-35-33-30-21-19-17-15-13-11-9-7-2/h7,29,31,36,38,50H,2,6,8-28,30,32-35,37,39-49H2,1,3-5H3/p+1/b31-29+,38-36+/t50-/m0/s1. The Morgan fingerprint density at radius 1 is 0.532 bits per heavy atom. The molecule has 0 saturated heterocycles. The van der Waals surface area contributed by atoms with Crippen LogP contribution in [0.1, 0.15) is 232 Å². The van der Waals surface area contributed by atoms with Gasteiger partial charge in [-0.2, -0.15) is 0 Å². The van der Waals surface area contributed by atoms with Gasteiger partial charge >= 0.3 is 19.8 Å². The van der Waals surface area contributed by atoms with Gasteiger partial charge in [0.05, 0.1) is 27.7 Å². The molecular weight excluding hydrogens is 798 g/mol. The molecule has 0 aliphatic heterocycles. The highest BCUT2D eigenvalue weighted by Crippen LogP contribution is 2.43. The zero-order chi connectivity index (χ0) is 45.7. The summed E-state index contributed by atoms with van der Waals surface area (Å²) in [4.78, 5) is 35.5. The number of phosphoric acid groups is 1. The van der Waals surface area contributed by atoms with E-state index in [0.29, 0.717) is 23.9 Å². The van der Waals surface area contributed by atoms with E-state index >= 15 is 0 Å². The van der Waals surface area contributed by atoms with Crippen molar-refractivity contribution in [3.05, 3.63) is 37.0 Å². The zero-order valence-corrected chi connectivity index (χ0v) is 41.8. The average molecular weight is 897 g/mol. The molecule has 0 aromatic carbocycles. The van der Waals surface area contributed by atoms with Gasteiger partial charge in [0, 0.05) is 12.8 Å². The van der Waals surface area contributed by atoms with Crippen LogP contribution in [0.15, 0.2) is 37.0 Å². The Bertz CT molecular complexity index is 1140. The molecule has 1 N–H and O–H groups in total.